The Morgan fingerprint density at radius 1 is 1.10 bits per heavy atom. The third kappa shape index (κ3) is 4.84. The highest BCUT2D eigenvalue weighted by atomic mass is 19.1. The molecule has 3 rings (SSSR count). The largest absolute Gasteiger partial charge is 0.455 e. The molecule has 6 nitrogen and oxygen atoms in total. The van der Waals surface area contributed by atoms with Crippen LogP contribution in [0.15, 0.2) is 42.5 Å². The molecule has 1 N–H and O–H groups in total. The van der Waals surface area contributed by atoms with E-state index in [1.165, 1.54) is 29.2 Å². The Morgan fingerprint density at radius 3 is 2.33 bits per heavy atom. The normalized spacial score (nSPS) is 15.9. The first-order chi connectivity index (χ1) is 14.4. The second-order valence-corrected chi connectivity index (χ2v) is 7.20. The molecule has 158 valence electrons. The molecule has 30 heavy (non-hydrogen) atoms. The summed E-state index contributed by atoms with van der Waals surface area (Å²) in [7, 11) is 0. The van der Waals surface area contributed by atoms with Crippen molar-refractivity contribution in [3.05, 3.63) is 59.4 Å². The SMILES string of the molecule is CCc1cccc(CC)c1NC(=O)COC(=O)[C@@H]1CC(=O)N(c2ccc(F)cc2)C1. The smallest absolute Gasteiger partial charge is 0.311 e. The Bertz CT molecular complexity index is 920. The zero-order chi connectivity index (χ0) is 21.7. The Kier molecular flexibility index (Phi) is 6.82. The maximum Gasteiger partial charge on any atom is 0.311 e. The average molecular weight is 412 g/mol. The van der Waals surface area contributed by atoms with Crippen LogP contribution in [0.5, 0.6) is 0 Å². The van der Waals surface area contributed by atoms with Crippen LogP contribution < -0.4 is 10.2 Å². The van der Waals surface area contributed by atoms with E-state index in [0.717, 1.165) is 29.7 Å². The van der Waals surface area contributed by atoms with Gasteiger partial charge in [-0.15, -0.1) is 0 Å². The van der Waals surface area contributed by atoms with Gasteiger partial charge in [0, 0.05) is 24.3 Å². The van der Waals surface area contributed by atoms with E-state index >= 15 is 0 Å². The third-order valence-corrected chi connectivity index (χ3v) is 5.21. The van der Waals surface area contributed by atoms with Crippen LogP contribution in [0.1, 0.15) is 31.4 Å². The standard InChI is InChI=1S/C23H25FN2O4/c1-3-15-6-5-7-16(4-2)22(15)25-20(27)14-30-23(29)17-12-21(28)26(13-17)19-10-8-18(24)9-11-19/h5-11,17H,3-4,12-14H2,1-2H3,(H,25,27)/t17-/m1/s1. The lowest BCUT2D eigenvalue weighted by Crippen LogP contribution is -2.28. The van der Waals surface area contributed by atoms with Crippen molar-refractivity contribution >= 4 is 29.2 Å². The quantitative estimate of drug-likeness (QED) is 0.707. The summed E-state index contributed by atoms with van der Waals surface area (Å²) in [6.45, 7) is 3.74. The van der Waals surface area contributed by atoms with Gasteiger partial charge in [-0.3, -0.25) is 14.4 Å². The van der Waals surface area contributed by atoms with Crippen molar-refractivity contribution in [3.63, 3.8) is 0 Å². The maximum atomic E-state index is 13.1. The van der Waals surface area contributed by atoms with Gasteiger partial charge in [0.05, 0.1) is 5.92 Å². The van der Waals surface area contributed by atoms with Crippen LogP contribution in [0.2, 0.25) is 0 Å². The number of amides is 2. The first-order valence-electron chi connectivity index (χ1n) is 10.1. The highest BCUT2D eigenvalue weighted by molar-refractivity contribution is 6.00. The summed E-state index contributed by atoms with van der Waals surface area (Å²) in [5.41, 5.74) is 3.33. The van der Waals surface area contributed by atoms with Crippen LogP contribution in [0.25, 0.3) is 0 Å². The van der Waals surface area contributed by atoms with E-state index in [1.54, 1.807) is 0 Å². The summed E-state index contributed by atoms with van der Waals surface area (Å²) < 4.78 is 18.3. The lowest BCUT2D eigenvalue weighted by atomic mass is 10.0. The van der Waals surface area contributed by atoms with Crippen LogP contribution in [-0.4, -0.2) is 30.9 Å². The predicted molar refractivity (Wildman–Crippen MR) is 112 cm³/mol. The van der Waals surface area contributed by atoms with Crippen LogP contribution in [0, 0.1) is 11.7 Å². The number of nitrogens with one attached hydrogen (secondary N) is 1. The molecule has 1 saturated heterocycles. The van der Waals surface area contributed by atoms with Crippen LogP contribution in [0.4, 0.5) is 15.8 Å². The van der Waals surface area contributed by atoms with E-state index in [-0.39, 0.29) is 18.9 Å². The van der Waals surface area contributed by atoms with Crippen molar-refractivity contribution in [3.8, 4) is 0 Å². The van der Waals surface area contributed by atoms with Gasteiger partial charge in [-0.05, 0) is 48.2 Å². The van der Waals surface area contributed by atoms with E-state index in [2.05, 4.69) is 5.32 Å². The molecule has 1 aliphatic heterocycles. The number of nitrogens with zero attached hydrogens (tertiary/aromatic N) is 1. The molecule has 0 aromatic heterocycles. The van der Waals surface area contributed by atoms with Gasteiger partial charge in [0.1, 0.15) is 5.82 Å². The second kappa shape index (κ2) is 9.52. The Balaban J connectivity index is 1.57. The van der Waals surface area contributed by atoms with Crippen LogP contribution in [0.3, 0.4) is 0 Å². The molecular weight excluding hydrogens is 387 g/mol. The number of ether oxygens (including phenoxy) is 1. The molecule has 0 aliphatic carbocycles. The van der Waals surface area contributed by atoms with Crippen molar-refractivity contribution < 1.29 is 23.5 Å². The van der Waals surface area contributed by atoms with Gasteiger partial charge in [0.2, 0.25) is 5.91 Å². The van der Waals surface area contributed by atoms with E-state index in [4.69, 9.17) is 4.74 Å². The number of rotatable bonds is 7. The molecule has 1 atom stereocenters. The Labute approximate surface area is 175 Å². The van der Waals surface area contributed by atoms with E-state index in [9.17, 15) is 18.8 Å². The van der Waals surface area contributed by atoms with Gasteiger partial charge in [0.25, 0.3) is 5.91 Å². The number of benzene rings is 2. The maximum absolute atomic E-state index is 13.1. The monoisotopic (exact) mass is 412 g/mol. The zero-order valence-corrected chi connectivity index (χ0v) is 17.1. The molecule has 0 unspecified atom stereocenters. The molecule has 1 fully saturated rings. The zero-order valence-electron chi connectivity index (χ0n) is 17.1. The number of carbonyl (C=O) groups is 3. The second-order valence-electron chi connectivity index (χ2n) is 7.20. The summed E-state index contributed by atoms with van der Waals surface area (Å²) in [5.74, 6) is -2.31. The van der Waals surface area contributed by atoms with E-state index in [0.29, 0.717) is 5.69 Å². The number of hydrogen-bond acceptors (Lipinski definition) is 4. The molecule has 2 aromatic rings. The summed E-state index contributed by atoms with van der Waals surface area (Å²) in [6, 6.07) is 11.4. The van der Waals surface area contributed by atoms with Gasteiger partial charge in [-0.2, -0.15) is 0 Å². The third-order valence-electron chi connectivity index (χ3n) is 5.21. The fourth-order valence-corrected chi connectivity index (χ4v) is 3.57. The van der Waals surface area contributed by atoms with Crippen molar-refractivity contribution in [1.29, 1.82) is 0 Å². The highest BCUT2D eigenvalue weighted by Gasteiger charge is 2.36. The topological polar surface area (TPSA) is 75.7 Å². The Morgan fingerprint density at radius 2 is 1.73 bits per heavy atom. The van der Waals surface area contributed by atoms with Crippen LogP contribution >= 0.6 is 0 Å². The highest BCUT2D eigenvalue weighted by Crippen LogP contribution is 2.26. The lowest BCUT2D eigenvalue weighted by molar-refractivity contribution is -0.151. The first-order valence-corrected chi connectivity index (χ1v) is 10.1. The molecule has 1 aliphatic rings. The fraction of sp³-hybridized carbons (Fsp3) is 0.348. The summed E-state index contributed by atoms with van der Waals surface area (Å²) in [4.78, 5) is 38.4. The summed E-state index contributed by atoms with van der Waals surface area (Å²) in [5, 5.41) is 2.85. The molecule has 2 aromatic carbocycles. The number of aryl methyl sites for hydroxylation is 2. The number of halogens is 1. The number of esters is 1. The minimum atomic E-state index is -0.663. The van der Waals surface area contributed by atoms with Crippen molar-refractivity contribution in [2.45, 2.75) is 33.1 Å². The number of carbonyl (C=O) groups excluding carboxylic acids is 3. The van der Waals surface area contributed by atoms with Crippen molar-refractivity contribution in [2.24, 2.45) is 5.92 Å². The van der Waals surface area contributed by atoms with Crippen molar-refractivity contribution in [1.82, 2.24) is 0 Å². The number of hydrogen-bond donors (Lipinski definition) is 1. The average Bonchev–Trinajstić information content (AvgIpc) is 3.14. The molecule has 7 heteroatoms. The molecular formula is C23H25FN2O4. The van der Waals surface area contributed by atoms with Gasteiger partial charge in [0.15, 0.2) is 6.61 Å². The summed E-state index contributed by atoms with van der Waals surface area (Å²) >= 11 is 0. The first kappa shape index (κ1) is 21.5. The van der Waals surface area contributed by atoms with E-state index < -0.39 is 30.2 Å². The van der Waals surface area contributed by atoms with Crippen LogP contribution in [-0.2, 0) is 32.0 Å². The molecule has 0 bridgehead atoms. The number of anilines is 2. The minimum absolute atomic E-state index is 0.00349. The predicted octanol–water partition coefficient (Wildman–Crippen LogP) is 3.49. The molecule has 0 saturated carbocycles. The number of para-hydroxylation sites is 1. The van der Waals surface area contributed by atoms with Gasteiger partial charge >= 0.3 is 5.97 Å². The van der Waals surface area contributed by atoms with E-state index in [1.807, 2.05) is 32.0 Å². The minimum Gasteiger partial charge on any atom is -0.455 e. The summed E-state index contributed by atoms with van der Waals surface area (Å²) in [6.07, 6.45) is 1.54. The van der Waals surface area contributed by atoms with Crippen molar-refractivity contribution in [2.75, 3.05) is 23.4 Å². The molecule has 1 heterocycles. The fourth-order valence-electron chi connectivity index (χ4n) is 3.57. The van der Waals surface area contributed by atoms with Gasteiger partial charge < -0.3 is 15.0 Å². The molecule has 0 spiro atoms. The molecule has 2 amide bonds. The lowest BCUT2D eigenvalue weighted by Gasteiger charge is -2.17. The Hall–Kier alpha value is -3.22. The van der Waals surface area contributed by atoms with Gasteiger partial charge in [-0.1, -0.05) is 32.0 Å². The molecule has 0 radical (unpaired) electrons. The van der Waals surface area contributed by atoms with Gasteiger partial charge in [-0.25, -0.2) is 4.39 Å².